The van der Waals surface area contributed by atoms with Gasteiger partial charge in [-0.25, -0.2) is 9.07 Å². The Morgan fingerprint density at radius 2 is 1.86 bits per heavy atom. The molecule has 22 heavy (non-hydrogen) atoms. The van der Waals surface area contributed by atoms with E-state index in [2.05, 4.69) is 21.0 Å². The molecule has 0 aliphatic heterocycles. The minimum atomic E-state index is -0.534. The highest BCUT2D eigenvalue weighted by Gasteiger charge is 2.12. The van der Waals surface area contributed by atoms with E-state index in [4.69, 9.17) is 5.26 Å². The van der Waals surface area contributed by atoms with Crippen LogP contribution in [-0.2, 0) is 0 Å². The molecule has 0 N–H and O–H groups in total. The maximum absolute atomic E-state index is 13.9. The SMILES string of the molecule is Cc1ccc(-n2nc(Br)cc2-c2ccc(C#N)c(F)c2)cc1. The summed E-state index contributed by atoms with van der Waals surface area (Å²) in [4.78, 5) is 0. The monoisotopic (exact) mass is 355 g/mol. The van der Waals surface area contributed by atoms with Crippen molar-refractivity contribution in [3.63, 3.8) is 0 Å². The minimum absolute atomic E-state index is 0.0317. The maximum atomic E-state index is 13.9. The van der Waals surface area contributed by atoms with Gasteiger partial charge in [-0.15, -0.1) is 0 Å². The first-order valence-electron chi connectivity index (χ1n) is 6.61. The lowest BCUT2D eigenvalue weighted by atomic mass is 10.1. The molecule has 3 rings (SSSR count). The van der Waals surface area contributed by atoms with Gasteiger partial charge in [0.1, 0.15) is 16.5 Å². The summed E-state index contributed by atoms with van der Waals surface area (Å²) in [5.41, 5.74) is 3.48. The Balaban J connectivity index is 2.14. The number of nitriles is 1. The van der Waals surface area contributed by atoms with Gasteiger partial charge in [-0.2, -0.15) is 10.4 Å². The van der Waals surface area contributed by atoms with E-state index >= 15 is 0 Å². The van der Waals surface area contributed by atoms with Gasteiger partial charge in [0.25, 0.3) is 0 Å². The summed E-state index contributed by atoms with van der Waals surface area (Å²) >= 11 is 3.36. The highest BCUT2D eigenvalue weighted by atomic mass is 79.9. The summed E-state index contributed by atoms with van der Waals surface area (Å²) in [6.07, 6.45) is 0. The Morgan fingerprint density at radius 3 is 2.50 bits per heavy atom. The van der Waals surface area contributed by atoms with E-state index < -0.39 is 5.82 Å². The third-order valence-corrected chi connectivity index (χ3v) is 3.73. The van der Waals surface area contributed by atoms with Crippen LogP contribution in [0.3, 0.4) is 0 Å². The number of benzene rings is 2. The number of aromatic nitrogens is 2. The number of rotatable bonds is 2. The zero-order chi connectivity index (χ0) is 15.7. The predicted octanol–water partition coefficient (Wildman–Crippen LogP) is 4.62. The fourth-order valence-electron chi connectivity index (χ4n) is 2.21. The highest BCUT2D eigenvalue weighted by molar-refractivity contribution is 9.10. The minimum Gasteiger partial charge on any atom is -0.232 e. The van der Waals surface area contributed by atoms with Gasteiger partial charge in [0.05, 0.1) is 16.9 Å². The van der Waals surface area contributed by atoms with Crippen LogP contribution < -0.4 is 0 Å². The predicted molar refractivity (Wildman–Crippen MR) is 86.1 cm³/mol. The molecule has 0 unspecified atom stereocenters. The lowest BCUT2D eigenvalue weighted by Gasteiger charge is -2.08. The van der Waals surface area contributed by atoms with Gasteiger partial charge in [0, 0.05) is 5.56 Å². The second-order valence-electron chi connectivity index (χ2n) is 4.91. The average molecular weight is 356 g/mol. The molecule has 0 bridgehead atoms. The molecule has 3 aromatic rings. The van der Waals surface area contributed by atoms with Crippen molar-refractivity contribution in [3.8, 4) is 23.0 Å². The number of nitrogens with zero attached hydrogens (tertiary/aromatic N) is 3. The molecule has 0 aliphatic carbocycles. The first-order chi connectivity index (χ1) is 10.6. The first kappa shape index (κ1) is 14.5. The van der Waals surface area contributed by atoms with E-state index in [1.165, 1.54) is 12.1 Å². The summed E-state index contributed by atoms with van der Waals surface area (Å²) in [7, 11) is 0. The Hall–Kier alpha value is -2.45. The van der Waals surface area contributed by atoms with Crippen molar-refractivity contribution in [1.82, 2.24) is 9.78 Å². The Bertz CT molecular complexity index is 876. The second-order valence-corrected chi connectivity index (χ2v) is 5.72. The molecule has 0 spiro atoms. The van der Waals surface area contributed by atoms with Crippen LogP contribution in [0.1, 0.15) is 11.1 Å². The van der Waals surface area contributed by atoms with Crippen molar-refractivity contribution < 1.29 is 4.39 Å². The van der Waals surface area contributed by atoms with Gasteiger partial charge in [0.15, 0.2) is 0 Å². The number of hydrogen-bond donors (Lipinski definition) is 0. The number of hydrogen-bond acceptors (Lipinski definition) is 2. The van der Waals surface area contributed by atoms with Gasteiger partial charge < -0.3 is 0 Å². The van der Waals surface area contributed by atoms with E-state index in [0.717, 1.165) is 16.9 Å². The Labute approximate surface area is 135 Å². The van der Waals surface area contributed by atoms with Gasteiger partial charge in [-0.1, -0.05) is 23.8 Å². The largest absolute Gasteiger partial charge is 0.232 e. The Morgan fingerprint density at radius 1 is 1.14 bits per heavy atom. The van der Waals surface area contributed by atoms with Crippen LogP contribution in [0.5, 0.6) is 0 Å². The summed E-state index contributed by atoms with van der Waals surface area (Å²) in [6, 6.07) is 16.1. The van der Waals surface area contributed by atoms with Crippen molar-refractivity contribution in [2.45, 2.75) is 6.92 Å². The topological polar surface area (TPSA) is 41.6 Å². The van der Waals surface area contributed by atoms with E-state index in [-0.39, 0.29) is 5.56 Å². The molecule has 0 amide bonds. The molecule has 1 heterocycles. The van der Waals surface area contributed by atoms with Crippen LogP contribution in [0, 0.1) is 24.1 Å². The van der Waals surface area contributed by atoms with Crippen LogP contribution in [0.2, 0.25) is 0 Å². The first-order valence-corrected chi connectivity index (χ1v) is 7.40. The third-order valence-electron chi connectivity index (χ3n) is 3.34. The summed E-state index contributed by atoms with van der Waals surface area (Å²) in [6.45, 7) is 2.01. The molecule has 0 aliphatic rings. The van der Waals surface area contributed by atoms with Crippen LogP contribution in [0.15, 0.2) is 53.1 Å². The quantitative estimate of drug-likeness (QED) is 0.672. The zero-order valence-corrected chi connectivity index (χ0v) is 13.3. The average Bonchev–Trinajstić information content (AvgIpc) is 2.90. The van der Waals surface area contributed by atoms with Crippen LogP contribution in [-0.4, -0.2) is 9.78 Å². The van der Waals surface area contributed by atoms with E-state index in [0.29, 0.717) is 10.2 Å². The molecule has 108 valence electrons. The summed E-state index contributed by atoms with van der Waals surface area (Å²) < 4.78 is 16.3. The van der Waals surface area contributed by atoms with Crippen LogP contribution in [0.25, 0.3) is 16.9 Å². The van der Waals surface area contributed by atoms with Crippen LogP contribution >= 0.6 is 15.9 Å². The zero-order valence-electron chi connectivity index (χ0n) is 11.7. The Kier molecular flexibility index (Phi) is 3.78. The van der Waals surface area contributed by atoms with Crippen molar-refractivity contribution in [3.05, 3.63) is 70.1 Å². The fourth-order valence-corrected chi connectivity index (χ4v) is 2.58. The molecule has 0 saturated heterocycles. The molecular formula is C17H11BrFN3. The number of halogens is 2. The molecule has 1 aromatic heterocycles. The molecule has 2 aromatic carbocycles. The maximum Gasteiger partial charge on any atom is 0.141 e. The fraction of sp³-hybridized carbons (Fsp3) is 0.0588. The molecule has 5 heteroatoms. The summed E-state index contributed by atoms with van der Waals surface area (Å²) in [5, 5.41) is 13.2. The number of aryl methyl sites for hydroxylation is 1. The molecular weight excluding hydrogens is 345 g/mol. The van der Waals surface area contributed by atoms with Gasteiger partial charge in [-0.05, 0) is 53.2 Å². The van der Waals surface area contributed by atoms with Gasteiger partial charge >= 0.3 is 0 Å². The lowest BCUT2D eigenvalue weighted by Crippen LogP contribution is -1.99. The standard InChI is InChI=1S/C17H11BrFN3/c1-11-2-6-14(7-3-11)22-16(9-17(18)21-22)12-4-5-13(10-20)15(19)8-12/h2-9H,1H3. The molecule has 3 nitrogen and oxygen atoms in total. The smallest absolute Gasteiger partial charge is 0.141 e. The van der Waals surface area contributed by atoms with Crippen LogP contribution in [0.4, 0.5) is 4.39 Å². The molecule has 0 saturated carbocycles. The molecule has 0 radical (unpaired) electrons. The van der Waals surface area contributed by atoms with Crippen molar-refractivity contribution >= 4 is 15.9 Å². The van der Waals surface area contributed by atoms with Crippen molar-refractivity contribution in [2.75, 3.05) is 0 Å². The van der Waals surface area contributed by atoms with Crippen molar-refractivity contribution in [2.24, 2.45) is 0 Å². The van der Waals surface area contributed by atoms with E-state index in [1.54, 1.807) is 10.7 Å². The highest BCUT2D eigenvalue weighted by Crippen LogP contribution is 2.27. The van der Waals surface area contributed by atoms with Crippen molar-refractivity contribution in [1.29, 1.82) is 5.26 Å². The lowest BCUT2D eigenvalue weighted by molar-refractivity contribution is 0.624. The molecule has 0 atom stereocenters. The summed E-state index contributed by atoms with van der Waals surface area (Å²) in [5.74, 6) is -0.534. The van der Waals surface area contributed by atoms with E-state index in [9.17, 15) is 4.39 Å². The van der Waals surface area contributed by atoms with E-state index in [1.807, 2.05) is 43.3 Å². The second kappa shape index (κ2) is 5.74. The third kappa shape index (κ3) is 2.66. The van der Waals surface area contributed by atoms with Gasteiger partial charge in [-0.3, -0.25) is 0 Å². The normalized spacial score (nSPS) is 10.5. The van der Waals surface area contributed by atoms with Gasteiger partial charge in [0.2, 0.25) is 0 Å². The molecule has 0 fully saturated rings.